The van der Waals surface area contributed by atoms with Gasteiger partial charge in [-0.25, -0.2) is 4.79 Å². The maximum absolute atomic E-state index is 12.3. The molecule has 0 radical (unpaired) electrons. The lowest BCUT2D eigenvalue weighted by molar-refractivity contribution is -0.133. The van der Waals surface area contributed by atoms with E-state index >= 15 is 0 Å². The molecule has 1 aliphatic heterocycles. The van der Waals surface area contributed by atoms with Crippen LogP contribution in [-0.2, 0) is 9.53 Å². The van der Waals surface area contributed by atoms with Crippen LogP contribution in [0.4, 0.5) is 0 Å². The average Bonchev–Trinajstić information content (AvgIpc) is 3.08. The molecule has 0 aliphatic carbocycles. The van der Waals surface area contributed by atoms with Gasteiger partial charge in [0, 0.05) is 5.57 Å². The van der Waals surface area contributed by atoms with Gasteiger partial charge in [-0.3, -0.25) is 0 Å². The summed E-state index contributed by atoms with van der Waals surface area (Å²) in [6.45, 7) is 0.179. The molecule has 0 N–H and O–H groups in total. The van der Waals surface area contributed by atoms with Crippen molar-refractivity contribution in [3.05, 3.63) is 47.5 Å². The van der Waals surface area contributed by atoms with E-state index in [1.165, 1.54) is 0 Å². The number of esters is 1. The van der Waals surface area contributed by atoms with Gasteiger partial charge in [0.05, 0.1) is 34.0 Å². The second-order valence-corrected chi connectivity index (χ2v) is 5.57. The third kappa shape index (κ3) is 3.06. The number of methoxy groups -OCH3 is 4. The summed E-state index contributed by atoms with van der Waals surface area (Å²) in [5, 5.41) is 0. The molecule has 6 heteroatoms. The first-order chi connectivity index (χ1) is 12.6. The summed E-state index contributed by atoms with van der Waals surface area (Å²) in [6.07, 6.45) is 0. The first-order valence-electron chi connectivity index (χ1n) is 7.98. The van der Waals surface area contributed by atoms with Crippen molar-refractivity contribution >= 4 is 17.1 Å². The first-order valence-corrected chi connectivity index (χ1v) is 7.98. The molecule has 0 unspecified atom stereocenters. The largest absolute Gasteiger partial charge is 0.497 e. The van der Waals surface area contributed by atoms with E-state index in [1.54, 1.807) is 40.6 Å². The highest BCUT2D eigenvalue weighted by atomic mass is 16.5. The minimum Gasteiger partial charge on any atom is -0.497 e. The molecule has 2 aromatic rings. The molecule has 0 saturated carbocycles. The average molecular weight is 356 g/mol. The van der Waals surface area contributed by atoms with Crippen LogP contribution >= 0.6 is 0 Å². The van der Waals surface area contributed by atoms with E-state index in [4.69, 9.17) is 23.7 Å². The number of ether oxygens (including phenoxy) is 5. The van der Waals surface area contributed by atoms with Gasteiger partial charge in [-0.2, -0.15) is 0 Å². The standard InChI is InChI=1S/C20H20O6/c1-22-14-7-5-12(6-8-14)18-15(11-26-20(18)21)13-9-16(23-2)19(25-4)17(10-13)24-3/h5-10H,11H2,1-4H3. The molecule has 0 saturated heterocycles. The molecule has 26 heavy (non-hydrogen) atoms. The van der Waals surface area contributed by atoms with E-state index in [2.05, 4.69) is 0 Å². The number of benzene rings is 2. The molecule has 0 spiro atoms. The summed E-state index contributed by atoms with van der Waals surface area (Å²) in [7, 11) is 6.25. The van der Waals surface area contributed by atoms with Crippen molar-refractivity contribution in [3.8, 4) is 23.0 Å². The van der Waals surface area contributed by atoms with E-state index in [-0.39, 0.29) is 12.6 Å². The zero-order valence-electron chi connectivity index (χ0n) is 15.1. The van der Waals surface area contributed by atoms with Gasteiger partial charge in [0.2, 0.25) is 5.75 Å². The van der Waals surface area contributed by atoms with Crippen LogP contribution in [0.15, 0.2) is 36.4 Å². The summed E-state index contributed by atoms with van der Waals surface area (Å²) >= 11 is 0. The van der Waals surface area contributed by atoms with Crippen molar-refractivity contribution < 1.29 is 28.5 Å². The van der Waals surface area contributed by atoms with Gasteiger partial charge in [-0.05, 0) is 35.4 Å². The molecular weight excluding hydrogens is 336 g/mol. The van der Waals surface area contributed by atoms with Crippen molar-refractivity contribution in [2.45, 2.75) is 0 Å². The van der Waals surface area contributed by atoms with Gasteiger partial charge in [0.1, 0.15) is 12.4 Å². The van der Waals surface area contributed by atoms with Gasteiger partial charge >= 0.3 is 5.97 Å². The minimum atomic E-state index is -0.362. The number of hydrogen-bond donors (Lipinski definition) is 0. The zero-order chi connectivity index (χ0) is 18.7. The maximum atomic E-state index is 12.3. The molecule has 3 rings (SSSR count). The zero-order valence-corrected chi connectivity index (χ0v) is 15.1. The highest BCUT2D eigenvalue weighted by Gasteiger charge is 2.28. The first kappa shape index (κ1) is 17.7. The Kier molecular flexibility index (Phi) is 5.02. The molecule has 1 heterocycles. The van der Waals surface area contributed by atoms with Crippen LogP contribution in [-0.4, -0.2) is 41.0 Å². The lowest BCUT2D eigenvalue weighted by Crippen LogP contribution is -1.99. The van der Waals surface area contributed by atoms with Crippen molar-refractivity contribution in [1.82, 2.24) is 0 Å². The topological polar surface area (TPSA) is 63.2 Å². The number of carbonyl (C=O) groups is 1. The van der Waals surface area contributed by atoms with Crippen molar-refractivity contribution in [3.63, 3.8) is 0 Å². The Hall–Kier alpha value is -3.15. The molecule has 0 atom stereocenters. The Morgan fingerprint density at radius 1 is 0.808 bits per heavy atom. The van der Waals surface area contributed by atoms with Gasteiger partial charge in [0.25, 0.3) is 0 Å². The van der Waals surface area contributed by atoms with Crippen LogP contribution in [0.5, 0.6) is 23.0 Å². The summed E-state index contributed by atoms with van der Waals surface area (Å²) in [6, 6.07) is 10.9. The number of hydrogen-bond acceptors (Lipinski definition) is 6. The summed E-state index contributed by atoms with van der Waals surface area (Å²) in [5.74, 6) is 1.88. The Labute approximate surface area is 151 Å². The van der Waals surface area contributed by atoms with Gasteiger partial charge in [-0.15, -0.1) is 0 Å². The SMILES string of the molecule is COc1ccc(C2=C(c3cc(OC)c(OC)c(OC)c3)COC2=O)cc1. The van der Waals surface area contributed by atoms with E-state index in [1.807, 2.05) is 24.3 Å². The third-order valence-electron chi connectivity index (χ3n) is 4.25. The van der Waals surface area contributed by atoms with Crippen molar-refractivity contribution in [2.24, 2.45) is 0 Å². The molecule has 136 valence electrons. The van der Waals surface area contributed by atoms with Crippen LogP contribution in [0, 0.1) is 0 Å². The van der Waals surface area contributed by atoms with Crippen LogP contribution in [0.2, 0.25) is 0 Å². The van der Waals surface area contributed by atoms with Crippen molar-refractivity contribution in [1.29, 1.82) is 0 Å². The van der Waals surface area contributed by atoms with Crippen LogP contribution in [0.25, 0.3) is 11.1 Å². The smallest absolute Gasteiger partial charge is 0.339 e. The second-order valence-electron chi connectivity index (χ2n) is 5.57. The monoisotopic (exact) mass is 356 g/mol. The molecular formula is C20H20O6. The highest BCUT2D eigenvalue weighted by molar-refractivity contribution is 6.27. The second kappa shape index (κ2) is 7.39. The van der Waals surface area contributed by atoms with Crippen LogP contribution < -0.4 is 18.9 Å². The predicted molar refractivity (Wildman–Crippen MR) is 96.9 cm³/mol. The fourth-order valence-electron chi connectivity index (χ4n) is 2.94. The molecule has 0 fully saturated rings. The van der Waals surface area contributed by atoms with Crippen LogP contribution in [0.1, 0.15) is 11.1 Å². The molecule has 6 nitrogen and oxygen atoms in total. The Morgan fingerprint density at radius 2 is 1.42 bits per heavy atom. The molecule has 0 aromatic heterocycles. The van der Waals surface area contributed by atoms with Gasteiger partial charge < -0.3 is 23.7 Å². The van der Waals surface area contributed by atoms with E-state index < -0.39 is 0 Å². The van der Waals surface area contributed by atoms with Gasteiger partial charge in [0.15, 0.2) is 11.5 Å². The number of carbonyl (C=O) groups excluding carboxylic acids is 1. The third-order valence-corrected chi connectivity index (χ3v) is 4.25. The molecule has 1 aliphatic rings. The van der Waals surface area contributed by atoms with E-state index in [0.29, 0.717) is 22.8 Å². The summed E-state index contributed by atoms with van der Waals surface area (Å²) in [5.41, 5.74) is 2.81. The van der Waals surface area contributed by atoms with Crippen molar-refractivity contribution in [2.75, 3.05) is 35.0 Å². The maximum Gasteiger partial charge on any atom is 0.339 e. The summed E-state index contributed by atoms with van der Waals surface area (Å²) in [4.78, 5) is 12.3. The highest BCUT2D eigenvalue weighted by Crippen LogP contribution is 2.42. The minimum absolute atomic E-state index is 0.179. The Bertz CT molecular complexity index is 826. The predicted octanol–water partition coefficient (Wildman–Crippen LogP) is 3.19. The number of cyclic esters (lactones) is 1. The number of rotatable bonds is 6. The lowest BCUT2D eigenvalue weighted by atomic mass is 9.96. The van der Waals surface area contributed by atoms with E-state index in [9.17, 15) is 4.79 Å². The molecule has 2 aromatic carbocycles. The lowest BCUT2D eigenvalue weighted by Gasteiger charge is -2.14. The Balaban J connectivity index is 2.15. The quantitative estimate of drug-likeness (QED) is 0.741. The summed E-state index contributed by atoms with van der Waals surface area (Å²) < 4.78 is 26.6. The fourth-order valence-corrected chi connectivity index (χ4v) is 2.94. The fraction of sp³-hybridized carbons (Fsp3) is 0.250. The molecule has 0 bridgehead atoms. The Morgan fingerprint density at radius 3 is 1.92 bits per heavy atom. The van der Waals surface area contributed by atoms with Crippen LogP contribution in [0.3, 0.4) is 0 Å². The van der Waals surface area contributed by atoms with E-state index in [0.717, 1.165) is 22.4 Å². The normalized spacial score (nSPS) is 13.5. The molecule has 0 amide bonds. The van der Waals surface area contributed by atoms with Gasteiger partial charge in [-0.1, -0.05) is 12.1 Å².